The molecule has 0 spiro atoms. The van der Waals surface area contributed by atoms with Crippen LogP contribution in [0.4, 0.5) is 0 Å². The summed E-state index contributed by atoms with van der Waals surface area (Å²) in [6, 6.07) is 0. The molecule has 1 atom stereocenters. The first-order valence-corrected chi connectivity index (χ1v) is 4.54. The highest BCUT2D eigenvalue weighted by Gasteiger charge is 2.31. The highest BCUT2D eigenvalue weighted by molar-refractivity contribution is 6.02. The Morgan fingerprint density at radius 1 is 1.07 bits per heavy atom. The fourth-order valence-corrected chi connectivity index (χ4v) is 0.818. The molecule has 0 aliphatic rings. The smallest absolute Gasteiger partial charge is 0.355 e. The number of carbonyl (C=O) groups is 3. The van der Waals surface area contributed by atoms with Crippen molar-refractivity contribution < 1.29 is 23.9 Å². The van der Waals surface area contributed by atoms with E-state index in [4.69, 9.17) is 4.74 Å². The van der Waals surface area contributed by atoms with Crippen LogP contribution in [0.5, 0.6) is 0 Å². The topological polar surface area (TPSA) is 69.7 Å². The first-order valence-electron chi connectivity index (χ1n) is 4.54. The van der Waals surface area contributed by atoms with Gasteiger partial charge >= 0.3 is 11.9 Å². The molecular formula is C10H16O5. The van der Waals surface area contributed by atoms with Crippen molar-refractivity contribution in [2.75, 3.05) is 0 Å². The zero-order valence-electron chi connectivity index (χ0n) is 9.62. The summed E-state index contributed by atoms with van der Waals surface area (Å²) in [4.78, 5) is 33.1. The summed E-state index contributed by atoms with van der Waals surface area (Å²) in [7, 11) is 0. The Hall–Kier alpha value is -1.39. The van der Waals surface area contributed by atoms with Crippen LogP contribution in [0, 0.1) is 0 Å². The number of Topliss-reactive ketones (excluding diaryl/α,β-unsaturated/α-hetero) is 1. The average molecular weight is 216 g/mol. The van der Waals surface area contributed by atoms with Gasteiger partial charge < -0.3 is 9.47 Å². The number of ketones is 1. The minimum atomic E-state index is -1.46. The average Bonchev–Trinajstić information content (AvgIpc) is 1.95. The second-order valence-corrected chi connectivity index (χ2v) is 4.13. The summed E-state index contributed by atoms with van der Waals surface area (Å²) in [6.07, 6.45) is -1.46. The van der Waals surface area contributed by atoms with Gasteiger partial charge in [0.15, 0.2) is 5.78 Å². The summed E-state index contributed by atoms with van der Waals surface area (Å²) in [5.74, 6) is -2.09. The Balaban J connectivity index is 4.57. The van der Waals surface area contributed by atoms with Gasteiger partial charge in [-0.3, -0.25) is 9.59 Å². The minimum absolute atomic E-state index is 0.556. The van der Waals surface area contributed by atoms with Crippen molar-refractivity contribution in [3.8, 4) is 0 Å². The highest BCUT2D eigenvalue weighted by atomic mass is 16.6. The normalized spacial score (nSPS) is 12.9. The van der Waals surface area contributed by atoms with Crippen LogP contribution in [-0.4, -0.2) is 29.4 Å². The highest BCUT2D eigenvalue weighted by Crippen LogP contribution is 2.10. The second-order valence-electron chi connectivity index (χ2n) is 4.13. The number of hydrogen-bond acceptors (Lipinski definition) is 5. The Kier molecular flexibility index (Phi) is 4.45. The van der Waals surface area contributed by atoms with Crippen molar-refractivity contribution in [3.63, 3.8) is 0 Å². The molecule has 0 bridgehead atoms. The van der Waals surface area contributed by atoms with E-state index in [1.165, 1.54) is 0 Å². The summed E-state index contributed by atoms with van der Waals surface area (Å²) in [5, 5.41) is 0. The van der Waals surface area contributed by atoms with E-state index in [9.17, 15) is 14.4 Å². The first-order chi connectivity index (χ1) is 6.63. The first kappa shape index (κ1) is 13.6. The van der Waals surface area contributed by atoms with Gasteiger partial charge in [-0.1, -0.05) is 0 Å². The van der Waals surface area contributed by atoms with E-state index in [-0.39, 0.29) is 0 Å². The lowest BCUT2D eigenvalue weighted by Gasteiger charge is -2.22. The molecule has 0 saturated carbocycles. The van der Waals surface area contributed by atoms with Gasteiger partial charge in [-0.15, -0.1) is 0 Å². The van der Waals surface area contributed by atoms with Crippen molar-refractivity contribution in [2.45, 2.75) is 46.3 Å². The lowest BCUT2D eigenvalue weighted by atomic mass is 10.2. The Bertz CT molecular complexity index is 274. The fraction of sp³-hybridized carbons (Fsp3) is 0.700. The fourth-order valence-electron chi connectivity index (χ4n) is 0.818. The number of rotatable bonds is 3. The molecule has 0 radical (unpaired) electrons. The standard InChI is InChI=1S/C10H16O5/c1-6(11)8(14-7(2)12)9(13)15-10(3,4)5/h8H,1-5H3/t8-/m0/s1. The minimum Gasteiger partial charge on any atom is -0.457 e. The van der Waals surface area contributed by atoms with Gasteiger partial charge in [-0.25, -0.2) is 4.79 Å². The molecule has 0 heterocycles. The van der Waals surface area contributed by atoms with Gasteiger partial charge in [0.25, 0.3) is 6.10 Å². The molecule has 0 aromatic heterocycles. The zero-order valence-corrected chi connectivity index (χ0v) is 9.62. The molecule has 5 heteroatoms. The molecule has 0 rings (SSSR count). The van der Waals surface area contributed by atoms with Crippen LogP contribution in [0.25, 0.3) is 0 Å². The quantitative estimate of drug-likeness (QED) is 0.516. The van der Waals surface area contributed by atoms with Gasteiger partial charge in [-0.2, -0.15) is 0 Å². The second kappa shape index (κ2) is 4.91. The molecule has 0 N–H and O–H groups in total. The van der Waals surface area contributed by atoms with Gasteiger partial charge in [0.2, 0.25) is 0 Å². The molecule has 0 unspecified atom stereocenters. The Morgan fingerprint density at radius 3 is 1.80 bits per heavy atom. The predicted octanol–water partition coefficient (Wildman–Crippen LogP) is 0.849. The molecule has 0 fully saturated rings. The number of carbonyl (C=O) groups excluding carboxylic acids is 3. The molecule has 0 aromatic rings. The van der Waals surface area contributed by atoms with E-state index >= 15 is 0 Å². The third kappa shape index (κ3) is 5.83. The van der Waals surface area contributed by atoms with Gasteiger partial charge in [0, 0.05) is 6.92 Å². The summed E-state index contributed by atoms with van der Waals surface area (Å²) >= 11 is 0. The van der Waals surface area contributed by atoms with Crippen molar-refractivity contribution in [2.24, 2.45) is 0 Å². The largest absolute Gasteiger partial charge is 0.457 e. The van der Waals surface area contributed by atoms with Gasteiger partial charge in [-0.05, 0) is 27.7 Å². The maximum atomic E-state index is 11.4. The maximum Gasteiger partial charge on any atom is 0.355 e. The van der Waals surface area contributed by atoms with Gasteiger partial charge in [0.05, 0.1) is 0 Å². The molecule has 0 aromatic carbocycles. The van der Waals surface area contributed by atoms with Crippen molar-refractivity contribution in [3.05, 3.63) is 0 Å². The Morgan fingerprint density at radius 2 is 1.53 bits per heavy atom. The molecule has 15 heavy (non-hydrogen) atoms. The predicted molar refractivity (Wildman–Crippen MR) is 52.1 cm³/mol. The van der Waals surface area contributed by atoms with Crippen LogP contribution < -0.4 is 0 Å². The van der Waals surface area contributed by atoms with Crippen LogP contribution in [0.3, 0.4) is 0 Å². The van der Waals surface area contributed by atoms with E-state index in [1.807, 2.05) is 0 Å². The van der Waals surface area contributed by atoms with E-state index in [2.05, 4.69) is 4.74 Å². The molecule has 5 nitrogen and oxygen atoms in total. The summed E-state index contributed by atoms with van der Waals surface area (Å²) in [6.45, 7) is 7.28. The number of hydrogen-bond donors (Lipinski definition) is 0. The monoisotopic (exact) mass is 216 g/mol. The molecule has 0 amide bonds. The molecule has 0 aliphatic heterocycles. The summed E-state index contributed by atoms with van der Waals surface area (Å²) < 4.78 is 9.48. The van der Waals surface area contributed by atoms with Crippen LogP contribution in [0.1, 0.15) is 34.6 Å². The SMILES string of the molecule is CC(=O)O[C@@H](C(C)=O)C(=O)OC(C)(C)C. The summed E-state index contributed by atoms with van der Waals surface area (Å²) in [5.41, 5.74) is -0.717. The lowest BCUT2D eigenvalue weighted by molar-refractivity contribution is -0.176. The van der Waals surface area contributed by atoms with Crippen molar-refractivity contribution >= 4 is 17.7 Å². The van der Waals surface area contributed by atoms with Crippen molar-refractivity contribution in [1.82, 2.24) is 0 Å². The maximum absolute atomic E-state index is 11.4. The lowest BCUT2D eigenvalue weighted by Crippen LogP contribution is -2.38. The third-order valence-corrected chi connectivity index (χ3v) is 1.27. The van der Waals surface area contributed by atoms with Crippen LogP contribution in [-0.2, 0) is 23.9 Å². The van der Waals surface area contributed by atoms with E-state index < -0.39 is 29.4 Å². The molecule has 0 saturated heterocycles. The van der Waals surface area contributed by atoms with E-state index in [0.717, 1.165) is 13.8 Å². The number of ether oxygens (including phenoxy) is 2. The molecule has 0 aliphatic carbocycles. The Labute approximate surface area is 88.7 Å². The van der Waals surface area contributed by atoms with Crippen LogP contribution in [0.15, 0.2) is 0 Å². The van der Waals surface area contributed by atoms with Crippen molar-refractivity contribution in [1.29, 1.82) is 0 Å². The van der Waals surface area contributed by atoms with E-state index in [1.54, 1.807) is 20.8 Å². The van der Waals surface area contributed by atoms with Crippen LogP contribution in [0.2, 0.25) is 0 Å². The van der Waals surface area contributed by atoms with Gasteiger partial charge in [0.1, 0.15) is 5.60 Å². The van der Waals surface area contributed by atoms with Crippen LogP contribution >= 0.6 is 0 Å². The number of esters is 2. The molecular weight excluding hydrogens is 200 g/mol. The van der Waals surface area contributed by atoms with E-state index in [0.29, 0.717) is 0 Å². The molecule has 86 valence electrons. The zero-order chi connectivity index (χ0) is 12.2. The third-order valence-electron chi connectivity index (χ3n) is 1.27.